The Morgan fingerprint density at radius 1 is 1.07 bits per heavy atom. The number of ether oxygens (including phenoxy) is 3. The molecule has 3 heterocycles. The monoisotopic (exact) mass is 604 g/mol. The van der Waals surface area contributed by atoms with Crippen LogP contribution in [0.5, 0.6) is 17.4 Å². The molecule has 0 spiro atoms. The second-order valence-corrected chi connectivity index (χ2v) is 11.5. The maximum Gasteiger partial charge on any atom is 0.421 e. The van der Waals surface area contributed by atoms with Crippen LogP contribution in [0, 0.1) is 5.92 Å². The number of carbonyl (C=O) groups is 1. The van der Waals surface area contributed by atoms with E-state index in [4.69, 9.17) is 14.2 Å². The van der Waals surface area contributed by atoms with Gasteiger partial charge in [-0.1, -0.05) is 12.1 Å². The van der Waals surface area contributed by atoms with Crippen molar-refractivity contribution in [3.05, 3.63) is 72.2 Å². The molecule has 0 radical (unpaired) electrons. The molecule has 10 nitrogen and oxygen atoms in total. The Kier molecular flexibility index (Phi) is 8.36. The number of nitrogens with one attached hydrogen (secondary N) is 2. The zero-order valence-electron chi connectivity index (χ0n) is 22.3. The summed E-state index contributed by atoms with van der Waals surface area (Å²) in [5, 5.41) is 0.746. The lowest BCUT2D eigenvalue weighted by molar-refractivity contribution is -0.139. The SMILES string of the molecule is CO[C@H]1CC[C@H](COc2ncc(S(=O)(=O)NC(=O)c3ccccc3Oc3cnc4[nH]ccc4c3)cc2C(F)(F)F)CC1. The van der Waals surface area contributed by atoms with E-state index in [0.29, 0.717) is 11.7 Å². The van der Waals surface area contributed by atoms with Gasteiger partial charge in [0, 0.05) is 18.7 Å². The summed E-state index contributed by atoms with van der Waals surface area (Å²) in [6.07, 6.45) is 1.99. The zero-order valence-corrected chi connectivity index (χ0v) is 23.2. The minimum Gasteiger partial charge on any atom is -0.477 e. The van der Waals surface area contributed by atoms with E-state index in [1.54, 1.807) is 36.2 Å². The Morgan fingerprint density at radius 2 is 1.83 bits per heavy atom. The maximum absolute atomic E-state index is 13.9. The van der Waals surface area contributed by atoms with Crippen molar-refractivity contribution in [1.82, 2.24) is 19.7 Å². The number of aromatic amines is 1. The minimum absolute atomic E-state index is 0.00132. The second kappa shape index (κ2) is 12.0. The van der Waals surface area contributed by atoms with Gasteiger partial charge < -0.3 is 19.2 Å². The number of methoxy groups -OCH3 is 1. The van der Waals surface area contributed by atoms with Gasteiger partial charge in [0.15, 0.2) is 0 Å². The molecule has 0 bridgehead atoms. The van der Waals surface area contributed by atoms with Gasteiger partial charge in [-0.05, 0) is 61.9 Å². The lowest BCUT2D eigenvalue weighted by atomic mass is 9.88. The van der Waals surface area contributed by atoms with Crippen LogP contribution in [0.3, 0.4) is 0 Å². The van der Waals surface area contributed by atoms with E-state index < -0.39 is 38.4 Å². The Morgan fingerprint density at radius 3 is 2.57 bits per heavy atom. The summed E-state index contributed by atoms with van der Waals surface area (Å²) in [5.41, 5.74) is -0.904. The average Bonchev–Trinajstić information content (AvgIpc) is 3.44. The van der Waals surface area contributed by atoms with E-state index in [0.717, 1.165) is 37.3 Å². The van der Waals surface area contributed by atoms with E-state index >= 15 is 0 Å². The molecule has 2 N–H and O–H groups in total. The van der Waals surface area contributed by atoms with Crippen molar-refractivity contribution in [1.29, 1.82) is 0 Å². The third kappa shape index (κ3) is 6.65. The van der Waals surface area contributed by atoms with Gasteiger partial charge in [-0.3, -0.25) is 4.79 Å². The number of aromatic nitrogens is 3. The van der Waals surface area contributed by atoms with Crippen LogP contribution in [0.4, 0.5) is 13.2 Å². The summed E-state index contributed by atoms with van der Waals surface area (Å²) in [6, 6.07) is 9.66. The van der Waals surface area contributed by atoms with Crippen molar-refractivity contribution in [3.8, 4) is 17.4 Å². The van der Waals surface area contributed by atoms with Crippen LogP contribution in [0.2, 0.25) is 0 Å². The van der Waals surface area contributed by atoms with Gasteiger partial charge in [-0.2, -0.15) is 13.2 Å². The summed E-state index contributed by atoms with van der Waals surface area (Å²) < 4.78 is 86.0. The molecule has 0 unspecified atom stereocenters. The fourth-order valence-electron chi connectivity index (χ4n) is 4.71. The van der Waals surface area contributed by atoms with Gasteiger partial charge in [0.25, 0.3) is 15.9 Å². The maximum atomic E-state index is 13.9. The lowest BCUT2D eigenvalue weighted by Crippen LogP contribution is -2.31. The molecule has 14 heteroatoms. The highest BCUT2D eigenvalue weighted by Gasteiger charge is 2.37. The fraction of sp³-hybridized carbons (Fsp3) is 0.321. The summed E-state index contributed by atoms with van der Waals surface area (Å²) in [6.45, 7) is -0.00132. The number of carbonyl (C=O) groups excluding carboxylic acids is 1. The van der Waals surface area contributed by atoms with Crippen LogP contribution < -0.4 is 14.2 Å². The molecule has 5 rings (SSSR count). The van der Waals surface area contributed by atoms with Crippen LogP contribution >= 0.6 is 0 Å². The minimum atomic E-state index is -4.96. The van der Waals surface area contributed by atoms with Gasteiger partial charge in [0.1, 0.15) is 27.6 Å². The van der Waals surface area contributed by atoms with Crippen molar-refractivity contribution < 1.29 is 40.6 Å². The average molecular weight is 605 g/mol. The van der Waals surface area contributed by atoms with Crippen LogP contribution in [-0.4, -0.2) is 49.1 Å². The number of fused-ring (bicyclic) bond motifs is 1. The highest BCUT2D eigenvalue weighted by molar-refractivity contribution is 7.90. The summed E-state index contributed by atoms with van der Waals surface area (Å²) in [7, 11) is -3.15. The Hall–Kier alpha value is -4.17. The molecule has 0 atom stereocenters. The lowest BCUT2D eigenvalue weighted by Gasteiger charge is -2.27. The molecule has 4 aromatic rings. The molecule has 222 valence electrons. The molecule has 1 amide bonds. The van der Waals surface area contributed by atoms with E-state index in [1.807, 2.05) is 0 Å². The number of halogens is 3. The summed E-state index contributed by atoms with van der Waals surface area (Å²) in [4.78, 5) is 23.0. The number of hydrogen-bond acceptors (Lipinski definition) is 8. The number of alkyl halides is 3. The molecule has 1 aliphatic carbocycles. The Labute approximate surface area is 239 Å². The quantitative estimate of drug-likeness (QED) is 0.257. The first-order valence-electron chi connectivity index (χ1n) is 13.0. The molecule has 1 saturated carbocycles. The highest BCUT2D eigenvalue weighted by Crippen LogP contribution is 2.37. The third-order valence-corrected chi connectivity index (χ3v) is 8.28. The van der Waals surface area contributed by atoms with Crippen molar-refractivity contribution in [2.75, 3.05) is 13.7 Å². The van der Waals surface area contributed by atoms with E-state index in [1.165, 1.54) is 24.4 Å². The van der Waals surface area contributed by atoms with E-state index in [9.17, 15) is 26.4 Å². The standard InChI is InChI=1S/C28H27F3N4O6S/c1-39-19-8-6-17(7-9-19)16-40-27-23(28(29,30)31)13-21(15-34-27)42(37,38)35-26(36)22-4-2-3-5-24(22)41-20-12-18-10-11-32-25(18)33-14-20/h2-5,10-15,17,19H,6-9,16H2,1H3,(H,32,33)(H,35,36)/t17-,19-. The normalized spacial score (nSPS) is 17.6. The molecule has 1 fully saturated rings. The number of hydrogen-bond donors (Lipinski definition) is 2. The Balaban J connectivity index is 1.32. The largest absolute Gasteiger partial charge is 0.477 e. The smallest absolute Gasteiger partial charge is 0.421 e. The third-order valence-electron chi connectivity index (χ3n) is 6.99. The number of sulfonamides is 1. The predicted molar refractivity (Wildman–Crippen MR) is 145 cm³/mol. The van der Waals surface area contributed by atoms with Crippen molar-refractivity contribution in [2.45, 2.75) is 42.9 Å². The molecule has 0 saturated heterocycles. The number of amides is 1. The van der Waals surface area contributed by atoms with Gasteiger partial charge in [0.05, 0.1) is 30.7 Å². The van der Waals surface area contributed by atoms with Crippen LogP contribution in [0.15, 0.2) is 66.0 Å². The second-order valence-electron chi connectivity index (χ2n) is 9.83. The Bertz CT molecular complexity index is 1680. The van der Waals surface area contributed by atoms with Crippen LogP contribution in [-0.2, 0) is 20.9 Å². The van der Waals surface area contributed by atoms with Crippen molar-refractivity contribution >= 4 is 27.0 Å². The molecule has 42 heavy (non-hydrogen) atoms. The molecular weight excluding hydrogens is 577 g/mol. The summed E-state index contributed by atoms with van der Waals surface area (Å²) in [5.74, 6) is -1.52. The molecule has 1 aliphatic rings. The highest BCUT2D eigenvalue weighted by atomic mass is 32.2. The van der Waals surface area contributed by atoms with Gasteiger partial charge >= 0.3 is 6.18 Å². The molecule has 0 aliphatic heterocycles. The van der Waals surface area contributed by atoms with E-state index in [2.05, 4.69) is 15.0 Å². The topological polar surface area (TPSA) is 132 Å². The first-order chi connectivity index (χ1) is 20.0. The molecule has 1 aromatic carbocycles. The number of pyridine rings is 2. The first-order valence-corrected chi connectivity index (χ1v) is 14.5. The van der Waals surface area contributed by atoms with Crippen LogP contribution in [0.1, 0.15) is 41.6 Å². The summed E-state index contributed by atoms with van der Waals surface area (Å²) >= 11 is 0. The molecule has 3 aromatic heterocycles. The van der Waals surface area contributed by atoms with Crippen LogP contribution in [0.25, 0.3) is 11.0 Å². The first kappa shape index (κ1) is 29.3. The van der Waals surface area contributed by atoms with Gasteiger partial charge in [-0.15, -0.1) is 0 Å². The fourth-order valence-corrected chi connectivity index (χ4v) is 5.65. The number of rotatable bonds is 9. The van der Waals surface area contributed by atoms with Crippen molar-refractivity contribution in [2.24, 2.45) is 5.92 Å². The predicted octanol–water partition coefficient (Wildman–Crippen LogP) is 5.47. The number of para-hydroxylation sites is 1. The number of H-pyrrole nitrogens is 1. The zero-order chi connectivity index (χ0) is 29.9. The number of nitrogens with zero attached hydrogens (tertiary/aromatic N) is 2. The van der Waals surface area contributed by atoms with Crippen molar-refractivity contribution in [3.63, 3.8) is 0 Å². The van der Waals surface area contributed by atoms with Gasteiger partial charge in [-0.25, -0.2) is 23.1 Å². The van der Waals surface area contributed by atoms with E-state index in [-0.39, 0.29) is 35.7 Å². The van der Waals surface area contributed by atoms with Gasteiger partial charge in [0.2, 0.25) is 5.88 Å². The number of benzene rings is 1. The molecular formula is C28H27F3N4O6S.